The van der Waals surface area contributed by atoms with Crippen molar-refractivity contribution in [1.82, 2.24) is 0 Å². The first-order chi connectivity index (χ1) is 8.33. The first kappa shape index (κ1) is 10.2. The summed E-state index contributed by atoms with van der Waals surface area (Å²) < 4.78 is 4.71. The summed E-state index contributed by atoms with van der Waals surface area (Å²) in [5.41, 5.74) is 2.53. The van der Waals surface area contributed by atoms with Gasteiger partial charge in [0.2, 0.25) is 0 Å². The van der Waals surface area contributed by atoms with Crippen molar-refractivity contribution >= 4 is 29.3 Å². The fourth-order valence-electron chi connectivity index (χ4n) is 3.32. The Balaban J connectivity index is 1.72. The zero-order chi connectivity index (χ0) is 11.4. The quantitative estimate of drug-likeness (QED) is 0.550. The summed E-state index contributed by atoms with van der Waals surface area (Å²) in [6.07, 6.45) is 6.11. The van der Waals surface area contributed by atoms with Crippen LogP contribution >= 0.6 is 23.5 Å². The lowest BCUT2D eigenvalue weighted by molar-refractivity contribution is 0.603. The van der Waals surface area contributed by atoms with Crippen LogP contribution in [-0.2, 0) is 0 Å². The maximum Gasteiger partial charge on any atom is 0.0607 e. The molecule has 4 atom stereocenters. The Morgan fingerprint density at radius 3 is 2.71 bits per heavy atom. The van der Waals surface area contributed by atoms with Crippen molar-refractivity contribution in [3.8, 4) is 0 Å². The minimum atomic E-state index is 0.635. The average Bonchev–Trinajstić information content (AvgIpc) is 3.02. The second kappa shape index (κ2) is 3.63. The average molecular weight is 262 g/mol. The largest absolute Gasteiger partial charge is 0.220 e. The Labute approximate surface area is 110 Å². The van der Waals surface area contributed by atoms with Crippen LogP contribution in [-0.4, -0.2) is 11.0 Å². The Kier molecular flexibility index (Phi) is 2.18. The molecule has 17 heavy (non-hydrogen) atoms. The van der Waals surface area contributed by atoms with Gasteiger partial charge in [0, 0.05) is 16.2 Å². The number of rotatable bonds is 1. The van der Waals surface area contributed by atoms with Gasteiger partial charge in [0.25, 0.3) is 0 Å². The summed E-state index contributed by atoms with van der Waals surface area (Å²) in [5.74, 6) is 2.11. The monoisotopic (exact) mass is 261 g/mol. The molecular weight excluding hydrogens is 250 g/mol. The van der Waals surface area contributed by atoms with Crippen LogP contribution in [0.1, 0.15) is 12.0 Å². The number of hydrogen-bond acceptors (Lipinski definition) is 2. The molecule has 0 spiro atoms. The van der Waals surface area contributed by atoms with Crippen molar-refractivity contribution in [1.29, 1.82) is 0 Å². The minimum Gasteiger partial charge on any atom is -0.220 e. The van der Waals surface area contributed by atoms with Crippen LogP contribution in [0.5, 0.6) is 0 Å². The van der Waals surface area contributed by atoms with Gasteiger partial charge in [-0.15, -0.1) is 0 Å². The van der Waals surface area contributed by atoms with E-state index in [2.05, 4.69) is 24.3 Å². The lowest BCUT2D eigenvalue weighted by Crippen LogP contribution is -2.25. The summed E-state index contributed by atoms with van der Waals surface area (Å²) in [4.78, 5) is 0. The van der Waals surface area contributed by atoms with E-state index in [1.807, 2.05) is 12.1 Å². The van der Waals surface area contributed by atoms with E-state index in [-0.39, 0.29) is 0 Å². The van der Waals surface area contributed by atoms with E-state index >= 15 is 0 Å². The molecule has 0 N–H and O–H groups in total. The van der Waals surface area contributed by atoms with Gasteiger partial charge in [-0.05, 0) is 47.9 Å². The van der Waals surface area contributed by atoms with Crippen molar-refractivity contribution in [2.24, 2.45) is 22.2 Å². The van der Waals surface area contributed by atoms with Gasteiger partial charge in [-0.25, -0.2) is 4.40 Å². The van der Waals surface area contributed by atoms with Crippen LogP contribution in [0.4, 0.5) is 0 Å². The maximum atomic E-state index is 5.94. The van der Waals surface area contributed by atoms with Crippen LogP contribution < -0.4 is 0 Å². The molecule has 1 nitrogen and oxygen atoms in total. The third-order valence-corrected chi connectivity index (χ3v) is 5.56. The van der Waals surface area contributed by atoms with Crippen molar-refractivity contribution in [3.63, 3.8) is 0 Å². The van der Waals surface area contributed by atoms with E-state index < -0.39 is 0 Å². The highest BCUT2D eigenvalue weighted by atomic mass is 35.5. The standard InChI is InChI=1S/C14H12ClNS/c15-11-5-3-8(4-6-11)13-12-9-1-2-10(7-9)14(12)17-16-13/h1-6,9-10,12,14H,7H2. The Morgan fingerprint density at radius 2 is 1.88 bits per heavy atom. The van der Waals surface area contributed by atoms with Crippen LogP contribution in [0.25, 0.3) is 0 Å². The zero-order valence-corrected chi connectivity index (χ0v) is 10.8. The molecular formula is C14H12ClNS. The molecule has 0 saturated heterocycles. The van der Waals surface area contributed by atoms with Crippen molar-refractivity contribution in [3.05, 3.63) is 47.0 Å². The topological polar surface area (TPSA) is 12.4 Å². The third-order valence-electron chi connectivity index (χ3n) is 4.12. The first-order valence-corrected chi connectivity index (χ1v) is 7.22. The van der Waals surface area contributed by atoms with Gasteiger partial charge in [-0.1, -0.05) is 35.9 Å². The van der Waals surface area contributed by atoms with Crippen molar-refractivity contribution in [2.45, 2.75) is 11.7 Å². The SMILES string of the molecule is Clc1ccc(C2=NSC3C4C=CC(C4)C23)cc1. The summed E-state index contributed by atoms with van der Waals surface area (Å²) in [6.45, 7) is 0. The van der Waals surface area contributed by atoms with Gasteiger partial charge in [0.05, 0.1) is 5.71 Å². The maximum absolute atomic E-state index is 5.94. The molecule has 2 aliphatic carbocycles. The second-order valence-corrected chi connectivity index (χ2v) is 6.40. The normalized spacial score (nSPS) is 37.4. The summed E-state index contributed by atoms with van der Waals surface area (Å²) in [7, 11) is 0. The highest BCUT2D eigenvalue weighted by molar-refractivity contribution is 7.99. The van der Waals surface area contributed by atoms with Crippen LogP contribution in [0, 0.1) is 17.8 Å². The number of nitrogens with zero attached hydrogens (tertiary/aromatic N) is 1. The highest BCUT2D eigenvalue weighted by Crippen LogP contribution is 2.54. The van der Waals surface area contributed by atoms with Gasteiger partial charge in [-0.2, -0.15) is 0 Å². The summed E-state index contributed by atoms with van der Waals surface area (Å²) in [5, 5.41) is 1.49. The predicted molar refractivity (Wildman–Crippen MR) is 73.6 cm³/mol. The fourth-order valence-corrected chi connectivity index (χ4v) is 4.73. The molecule has 2 bridgehead atoms. The number of hydrogen-bond donors (Lipinski definition) is 0. The molecule has 0 amide bonds. The van der Waals surface area contributed by atoms with E-state index in [4.69, 9.17) is 16.0 Å². The molecule has 0 aromatic heterocycles. The number of benzene rings is 1. The number of halogens is 1. The van der Waals surface area contributed by atoms with Gasteiger partial charge in [-0.3, -0.25) is 0 Å². The lowest BCUT2D eigenvalue weighted by atomic mass is 9.85. The van der Waals surface area contributed by atoms with E-state index in [0.717, 1.165) is 16.9 Å². The highest BCUT2D eigenvalue weighted by Gasteiger charge is 2.50. The van der Waals surface area contributed by atoms with Gasteiger partial charge in [0.1, 0.15) is 0 Å². The molecule has 1 aromatic rings. The third kappa shape index (κ3) is 1.44. The lowest BCUT2D eigenvalue weighted by Gasteiger charge is -2.20. The Hall–Kier alpha value is -0.730. The molecule has 1 saturated carbocycles. The van der Waals surface area contributed by atoms with Gasteiger partial charge < -0.3 is 0 Å². The first-order valence-electron chi connectivity index (χ1n) is 6.01. The molecule has 3 aliphatic rings. The van der Waals surface area contributed by atoms with Crippen LogP contribution in [0.3, 0.4) is 0 Å². The fraction of sp³-hybridized carbons (Fsp3) is 0.357. The van der Waals surface area contributed by atoms with Crippen LogP contribution in [0.15, 0.2) is 40.8 Å². The molecule has 1 aromatic carbocycles. The summed E-state index contributed by atoms with van der Waals surface area (Å²) in [6, 6.07) is 8.11. The Morgan fingerprint density at radius 1 is 1.12 bits per heavy atom. The molecule has 3 heteroatoms. The smallest absolute Gasteiger partial charge is 0.0607 e. The van der Waals surface area contributed by atoms with E-state index in [9.17, 15) is 0 Å². The number of allylic oxidation sites excluding steroid dienone is 2. The van der Waals surface area contributed by atoms with Crippen LogP contribution in [0.2, 0.25) is 5.02 Å². The molecule has 4 unspecified atom stereocenters. The molecule has 1 aliphatic heterocycles. The minimum absolute atomic E-state index is 0.635. The van der Waals surface area contributed by atoms with E-state index in [0.29, 0.717) is 11.2 Å². The van der Waals surface area contributed by atoms with Gasteiger partial charge >= 0.3 is 0 Å². The van der Waals surface area contributed by atoms with Crippen molar-refractivity contribution < 1.29 is 0 Å². The molecule has 0 radical (unpaired) electrons. The molecule has 1 heterocycles. The zero-order valence-electron chi connectivity index (χ0n) is 9.21. The molecule has 1 fully saturated rings. The summed E-state index contributed by atoms with van der Waals surface area (Å²) >= 11 is 7.72. The second-order valence-electron chi connectivity index (χ2n) is 5.03. The van der Waals surface area contributed by atoms with E-state index in [1.54, 1.807) is 11.9 Å². The molecule has 86 valence electrons. The number of fused-ring (bicyclic) bond motifs is 5. The Bertz CT molecular complexity index is 520. The molecule has 4 rings (SSSR count). The predicted octanol–water partition coefficient (Wildman–Crippen LogP) is 3.98. The van der Waals surface area contributed by atoms with Gasteiger partial charge in [0.15, 0.2) is 0 Å². The van der Waals surface area contributed by atoms with Crippen molar-refractivity contribution in [2.75, 3.05) is 0 Å². The van der Waals surface area contributed by atoms with E-state index in [1.165, 1.54) is 17.7 Å².